The van der Waals surface area contributed by atoms with Crippen LogP contribution in [-0.2, 0) is 0 Å². The van der Waals surface area contributed by atoms with Crippen LogP contribution in [0.4, 0.5) is 0 Å². The van der Waals surface area contributed by atoms with Crippen LogP contribution in [0, 0.1) is 0 Å². The number of fused-ring (bicyclic) bond motifs is 1. The van der Waals surface area contributed by atoms with Crippen molar-refractivity contribution in [2.24, 2.45) is 0 Å². The maximum absolute atomic E-state index is 11.5. The summed E-state index contributed by atoms with van der Waals surface area (Å²) in [6.45, 7) is 1.80. The molecule has 1 atom stereocenters. The number of nitrogens with one attached hydrogen (secondary N) is 4. The summed E-state index contributed by atoms with van der Waals surface area (Å²) in [6.07, 6.45) is 0.988. The van der Waals surface area contributed by atoms with Crippen LogP contribution in [0.25, 0.3) is 11.2 Å². The van der Waals surface area contributed by atoms with Crippen molar-refractivity contribution in [3.63, 3.8) is 0 Å². The quantitative estimate of drug-likeness (QED) is 0.496. The number of rotatable bonds is 1. The number of imidazole rings is 1. The van der Waals surface area contributed by atoms with E-state index in [-0.39, 0.29) is 5.92 Å². The molecule has 1 aliphatic heterocycles. The number of nitrogens with zero attached hydrogens (tertiary/aromatic N) is 1. The minimum Gasteiger partial charge on any atom is -0.336 e. The second kappa shape index (κ2) is 3.31. The van der Waals surface area contributed by atoms with Crippen molar-refractivity contribution in [2.45, 2.75) is 12.3 Å². The normalized spacial score (nSPS) is 20.6. The Bertz CT molecular complexity index is 631. The molecule has 0 spiro atoms. The van der Waals surface area contributed by atoms with Gasteiger partial charge in [-0.15, -0.1) is 0 Å². The van der Waals surface area contributed by atoms with Crippen molar-refractivity contribution in [2.75, 3.05) is 13.1 Å². The molecule has 16 heavy (non-hydrogen) atoms. The van der Waals surface area contributed by atoms with Gasteiger partial charge in [0.25, 0.3) is 5.56 Å². The number of hydrogen-bond acceptors (Lipinski definition) is 4. The Labute approximate surface area is 89.3 Å². The molecule has 7 heteroatoms. The average molecular weight is 221 g/mol. The zero-order valence-corrected chi connectivity index (χ0v) is 8.46. The van der Waals surface area contributed by atoms with Crippen LogP contribution in [-0.4, -0.2) is 33.0 Å². The lowest BCUT2D eigenvalue weighted by atomic mass is 10.1. The summed E-state index contributed by atoms with van der Waals surface area (Å²) in [6, 6.07) is 0. The molecule has 4 N–H and O–H groups in total. The molecule has 0 aromatic carbocycles. The lowest BCUT2D eigenvalue weighted by Gasteiger charge is -2.01. The van der Waals surface area contributed by atoms with Crippen LogP contribution in [0.1, 0.15) is 18.2 Å². The summed E-state index contributed by atoms with van der Waals surface area (Å²) >= 11 is 0. The van der Waals surface area contributed by atoms with E-state index in [2.05, 4.69) is 25.3 Å². The first-order valence-electron chi connectivity index (χ1n) is 5.17. The van der Waals surface area contributed by atoms with Gasteiger partial charge >= 0.3 is 5.69 Å². The van der Waals surface area contributed by atoms with Gasteiger partial charge in [-0.3, -0.25) is 14.8 Å². The molecule has 1 aliphatic rings. The molecule has 0 amide bonds. The number of hydrogen-bond donors (Lipinski definition) is 4. The summed E-state index contributed by atoms with van der Waals surface area (Å²) < 4.78 is 0. The van der Waals surface area contributed by atoms with E-state index < -0.39 is 11.2 Å². The van der Waals surface area contributed by atoms with Gasteiger partial charge in [-0.2, -0.15) is 0 Å². The van der Waals surface area contributed by atoms with E-state index in [1.54, 1.807) is 0 Å². The molecule has 1 fully saturated rings. The van der Waals surface area contributed by atoms with Crippen molar-refractivity contribution in [1.82, 2.24) is 25.3 Å². The SMILES string of the molecule is O=c1[nH]c(=O)c2[nH]c(C3CCNC3)nc2[nH]1. The van der Waals surface area contributed by atoms with E-state index >= 15 is 0 Å². The van der Waals surface area contributed by atoms with E-state index in [0.717, 1.165) is 25.3 Å². The summed E-state index contributed by atoms with van der Waals surface area (Å²) in [4.78, 5) is 34.4. The minimum absolute atomic E-state index is 0.287. The maximum Gasteiger partial charge on any atom is 0.327 e. The summed E-state index contributed by atoms with van der Waals surface area (Å²) in [7, 11) is 0. The lowest BCUT2D eigenvalue weighted by Crippen LogP contribution is -2.21. The highest BCUT2D eigenvalue weighted by Crippen LogP contribution is 2.19. The third-order valence-electron chi connectivity index (χ3n) is 2.86. The fraction of sp³-hybridized carbons (Fsp3) is 0.444. The first-order chi connectivity index (χ1) is 7.74. The van der Waals surface area contributed by atoms with Crippen LogP contribution >= 0.6 is 0 Å². The Hall–Kier alpha value is -1.89. The number of aromatic nitrogens is 4. The Morgan fingerprint density at radius 3 is 2.81 bits per heavy atom. The first-order valence-corrected chi connectivity index (χ1v) is 5.17. The van der Waals surface area contributed by atoms with Crippen LogP contribution < -0.4 is 16.6 Å². The molecule has 0 saturated carbocycles. The standard InChI is InChI=1S/C9H11N5O2/c15-8-5-7(13-9(16)14-8)12-6(11-5)4-1-2-10-3-4/h4,10H,1-3H2,(H3,11,12,13,14,15,16). The molecular formula is C9H11N5O2. The molecular weight excluding hydrogens is 210 g/mol. The van der Waals surface area contributed by atoms with Crippen molar-refractivity contribution >= 4 is 11.2 Å². The maximum atomic E-state index is 11.5. The third-order valence-corrected chi connectivity index (χ3v) is 2.86. The smallest absolute Gasteiger partial charge is 0.327 e. The Morgan fingerprint density at radius 2 is 2.06 bits per heavy atom. The van der Waals surface area contributed by atoms with E-state index in [9.17, 15) is 9.59 Å². The monoisotopic (exact) mass is 221 g/mol. The van der Waals surface area contributed by atoms with Crippen LogP contribution in [0.2, 0.25) is 0 Å². The predicted octanol–water partition coefficient (Wildman–Crippen LogP) is -0.984. The summed E-state index contributed by atoms with van der Waals surface area (Å²) in [5.74, 6) is 1.04. The Morgan fingerprint density at radius 1 is 1.19 bits per heavy atom. The van der Waals surface area contributed by atoms with Gasteiger partial charge in [0, 0.05) is 12.5 Å². The van der Waals surface area contributed by atoms with Crippen molar-refractivity contribution in [3.05, 3.63) is 26.7 Å². The predicted molar refractivity (Wildman–Crippen MR) is 57.6 cm³/mol. The third kappa shape index (κ3) is 1.36. The number of H-pyrrole nitrogens is 3. The summed E-state index contributed by atoms with van der Waals surface area (Å²) in [5.41, 5.74) is -0.291. The van der Waals surface area contributed by atoms with Crippen molar-refractivity contribution < 1.29 is 0 Å². The molecule has 0 bridgehead atoms. The zero-order valence-electron chi connectivity index (χ0n) is 8.46. The van der Waals surface area contributed by atoms with Gasteiger partial charge in [0.1, 0.15) is 11.3 Å². The Balaban J connectivity index is 2.18. The van der Waals surface area contributed by atoms with Gasteiger partial charge in [-0.25, -0.2) is 9.78 Å². The Kier molecular flexibility index (Phi) is 1.93. The highest BCUT2D eigenvalue weighted by molar-refractivity contribution is 5.68. The van der Waals surface area contributed by atoms with Crippen molar-refractivity contribution in [1.29, 1.82) is 0 Å². The van der Waals surface area contributed by atoms with Gasteiger partial charge in [0.15, 0.2) is 5.65 Å². The zero-order chi connectivity index (χ0) is 11.1. The molecule has 3 rings (SSSR count). The molecule has 2 aromatic rings. The van der Waals surface area contributed by atoms with E-state index in [1.165, 1.54) is 0 Å². The first kappa shape index (κ1) is 9.34. The second-order valence-electron chi connectivity index (χ2n) is 3.94. The lowest BCUT2D eigenvalue weighted by molar-refractivity contribution is 0.717. The van der Waals surface area contributed by atoms with E-state index in [4.69, 9.17) is 0 Å². The molecule has 1 saturated heterocycles. The highest BCUT2D eigenvalue weighted by atomic mass is 16.2. The van der Waals surface area contributed by atoms with E-state index in [0.29, 0.717) is 11.2 Å². The molecule has 3 heterocycles. The van der Waals surface area contributed by atoms with Gasteiger partial charge in [0.2, 0.25) is 0 Å². The average Bonchev–Trinajstić information content (AvgIpc) is 2.82. The molecule has 7 nitrogen and oxygen atoms in total. The van der Waals surface area contributed by atoms with Crippen LogP contribution in [0.15, 0.2) is 9.59 Å². The van der Waals surface area contributed by atoms with E-state index in [1.807, 2.05) is 0 Å². The fourth-order valence-electron chi connectivity index (χ4n) is 2.03. The minimum atomic E-state index is -0.528. The highest BCUT2D eigenvalue weighted by Gasteiger charge is 2.20. The number of aromatic amines is 3. The largest absolute Gasteiger partial charge is 0.336 e. The molecule has 1 unspecified atom stereocenters. The van der Waals surface area contributed by atoms with Crippen molar-refractivity contribution in [3.8, 4) is 0 Å². The second-order valence-corrected chi connectivity index (χ2v) is 3.94. The summed E-state index contributed by atoms with van der Waals surface area (Å²) in [5, 5.41) is 3.22. The van der Waals surface area contributed by atoms with Gasteiger partial charge in [-0.05, 0) is 13.0 Å². The molecule has 84 valence electrons. The molecule has 2 aromatic heterocycles. The van der Waals surface area contributed by atoms with Gasteiger partial charge in [0.05, 0.1) is 0 Å². The van der Waals surface area contributed by atoms with Crippen LogP contribution in [0.3, 0.4) is 0 Å². The van der Waals surface area contributed by atoms with Gasteiger partial charge < -0.3 is 10.3 Å². The topological polar surface area (TPSA) is 106 Å². The van der Waals surface area contributed by atoms with Gasteiger partial charge in [-0.1, -0.05) is 0 Å². The van der Waals surface area contributed by atoms with Crippen LogP contribution in [0.5, 0.6) is 0 Å². The fourth-order valence-corrected chi connectivity index (χ4v) is 2.03. The molecule has 0 aliphatic carbocycles. The molecule has 0 radical (unpaired) electrons.